The fourth-order valence-electron chi connectivity index (χ4n) is 2.78. The minimum Gasteiger partial charge on any atom is -0.350 e. The number of hydrogen-bond donors (Lipinski definition) is 1. The van der Waals surface area contributed by atoms with Crippen LogP contribution in [-0.4, -0.2) is 40.8 Å². The number of rotatable bonds is 5. The Labute approximate surface area is 156 Å². The van der Waals surface area contributed by atoms with E-state index < -0.39 is 11.5 Å². The topological polar surface area (TPSA) is 66.7 Å². The molecule has 1 unspecified atom stereocenters. The van der Waals surface area contributed by atoms with Crippen LogP contribution in [0.15, 0.2) is 59.7 Å². The average Bonchev–Trinajstić information content (AvgIpc) is 2.63. The number of likely N-dealkylation sites (N-methyl/N-ethyl adjacent to an activating group) is 1. The number of fused-ring (bicyclic) bond motifs is 1. The van der Waals surface area contributed by atoms with Crippen LogP contribution in [-0.2, 0) is 0 Å². The molecule has 6 nitrogen and oxygen atoms in total. The van der Waals surface area contributed by atoms with Crippen molar-refractivity contribution in [2.24, 2.45) is 0 Å². The molecule has 7 heteroatoms. The van der Waals surface area contributed by atoms with Crippen LogP contribution in [0, 0.1) is 0 Å². The predicted molar refractivity (Wildman–Crippen MR) is 102 cm³/mol. The Kier molecular flexibility index (Phi) is 5.35. The first-order valence-corrected chi connectivity index (χ1v) is 8.52. The van der Waals surface area contributed by atoms with Gasteiger partial charge in [-0.25, -0.2) is 4.98 Å². The number of pyridine rings is 1. The largest absolute Gasteiger partial charge is 0.350 e. The first-order chi connectivity index (χ1) is 12.5. The minimum atomic E-state index is -0.459. The van der Waals surface area contributed by atoms with Gasteiger partial charge in [0, 0.05) is 24.0 Å². The van der Waals surface area contributed by atoms with Gasteiger partial charge in [0.25, 0.3) is 11.5 Å². The Bertz CT molecular complexity index is 1000. The molecule has 3 aromatic rings. The number of carbonyl (C=O) groups is 1. The summed E-state index contributed by atoms with van der Waals surface area (Å²) in [5.41, 5.74) is 1.02. The van der Waals surface area contributed by atoms with Gasteiger partial charge in [0.15, 0.2) is 0 Å². The Morgan fingerprint density at radius 2 is 1.96 bits per heavy atom. The van der Waals surface area contributed by atoms with Gasteiger partial charge in [-0.1, -0.05) is 35.9 Å². The standard InChI is InChI=1S/C19H19ClN4O2/c1-23(2)16(13-7-3-4-8-15(13)20)12-22-18(25)14-11-21-17-9-5-6-10-24(17)19(14)26/h3-11,16H,12H2,1-2H3,(H,22,25). The summed E-state index contributed by atoms with van der Waals surface area (Å²) in [6, 6.07) is 12.6. The molecule has 2 aromatic heterocycles. The molecule has 1 aromatic carbocycles. The van der Waals surface area contributed by atoms with Gasteiger partial charge in [0.05, 0.1) is 6.04 Å². The maximum atomic E-state index is 12.5. The first kappa shape index (κ1) is 18.1. The van der Waals surface area contributed by atoms with Crippen LogP contribution in [0.5, 0.6) is 0 Å². The van der Waals surface area contributed by atoms with E-state index in [9.17, 15) is 9.59 Å². The molecule has 0 saturated carbocycles. The molecule has 26 heavy (non-hydrogen) atoms. The second kappa shape index (κ2) is 7.68. The molecule has 0 aliphatic rings. The van der Waals surface area contributed by atoms with Crippen LogP contribution in [0.3, 0.4) is 0 Å². The lowest BCUT2D eigenvalue weighted by Gasteiger charge is -2.25. The van der Waals surface area contributed by atoms with Crippen molar-refractivity contribution in [2.75, 3.05) is 20.6 Å². The lowest BCUT2D eigenvalue weighted by atomic mass is 10.1. The van der Waals surface area contributed by atoms with Crippen molar-refractivity contribution in [3.63, 3.8) is 0 Å². The van der Waals surface area contributed by atoms with Crippen molar-refractivity contribution in [2.45, 2.75) is 6.04 Å². The van der Waals surface area contributed by atoms with Crippen molar-refractivity contribution in [3.8, 4) is 0 Å². The number of hydrogen-bond acceptors (Lipinski definition) is 4. The summed E-state index contributed by atoms with van der Waals surface area (Å²) in [7, 11) is 3.82. The summed E-state index contributed by atoms with van der Waals surface area (Å²) in [6.07, 6.45) is 2.90. The monoisotopic (exact) mass is 370 g/mol. The number of halogens is 1. The van der Waals surface area contributed by atoms with Crippen molar-refractivity contribution in [1.82, 2.24) is 19.6 Å². The number of nitrogens with one attached hydrogen (secondary N) is 1. The van der Waals surface area contributed by atoms with Gasteiger partial charge in [-0.3, -0.25) is 14.0 Å². The molecule has 3 rings (SSSR count). The normalized spacial score (nSPS) is 12.3. The summed E-state index contributed by atoms with van der Waals surface area (Å²) >= 11 is 6.28. The van der Waals surface area contributed by atoms with Crippen LogP contribution < -0.4 is 10.9 Å². The van der Waals surface area contributed by atoms with E-state index in [0.29, 0.717) is 17.2 Å². The lowest BCUT2D eigenvalue weighted by molar-refractivity contribution is 0.0940. The van der Waals surface area contributed by atoms with Crippen molar-refractivity contribution < 1.29 is 4.79 Å². The number of amides is 1. The Hall–Kier alpha value is -2.70. The third-order valence-electron chi connectivity index (χ3n) is 4.20. The molecular weight excluding hydrogens is 352 g/mol. The highest BCUT2D eigenvalue weighted by molar-refractivity contribution is 6.31. The van der Waals surface area contributed by atoms with Gasteiger partial charge in [-0.15, -0.1) is 0 Å². The molecule has 134 valence electrons. The van der Waals surface area contributed by atoms with E-state index in [-0.39, 0.29) is 11.6 Å². The van der Waals surface area contributed by atoms with Crippen molar-refractivity contribution in [3.05, 3.63) is 81.4 Å². The van der Waals surface area contributed by atoms with E-state index in [2.05, 4.69) is 10.3 Å². The SMILES string of the molecule is CN(C)C(CNC(=O)c1cnc2ccccn2c1=O)c1ccccc1Cl. The number of benzene rings is 1. The van der Waals surface area contributed by atoms with E-state index in [1.165, 1.54) is 10.6 Å². The van der Waals surface area contributed by atoms with E-state index in [4.69, 9.17) is 11.6 Å². The summed E-state index contributed by atoms with van der Waals surface area (Å²) in [6.45, 7) is 0.312. The molecule has 0 spiro atoms. The van der Waals surface area contributed by atoms with E-state index in [0.717, 1.165) is 5.56 Å². The fourth-order valence-corrected chi connectivity index (χ4v) is 3.04. The zero-order valence-corrected chi connectivity index (χ0v) is 15.3. The molecule has 0 aliphatic heterocycles. The Balaban J connectivity index is 1.82. The maximum absolute atomic E-state index is 12.5. The molecule has 2 heterocycles. The third-order valence-corrected chi connectivity index (χ3v) is 4.55. The van der Waals surface area contributed by atoms with Crippen LogP contribution in [0.2, 0.25) is 5.02 Å². The second-order valence-electron chi connectivity index (χ2n) is 6.12. The van der Waals surface area contributed by atoms with Crippen LogP contribution in [0.1, 0.15) is 22.0 Å². The highest BCUT2D eigenvalue weighted by Gasteiger charge is 2.19. The number of carbonyl (C=O) groups excluding carboxylic acids is 1. The quantitative estimate of drug-likeness (QED) is 0.748. The molecule has 0 radical (unpaired) electrons. The molecule has 1 amide bonds. The lowest BCUT2D eigenvalue weighted by Crippen LogP contribution is -2.37. The van der Waals surface area contributed by atoms with Crippen LogP contribution >= 0.6 is 11.6 Å². The highest BCUT2D eigenvalue weighted by Crippen LogP contribution is 2.25. The molecule has 0 bridgehead atoms. The van der Waals surface area contributed by atoms with Crippen LogP contribution in [0.25, 0.3) is 5.65 Å². The van der Waals surface area contributed by atoms with Crippen LogP contribution in [0.4, 0.5) is 0 Å². The summed E-state index contributed by atoms with van der Waals surface area (Å²) in [5.74, 6) is -0.459. The van der Waals surface area contributed by atoms with Crippen molar-refractivity contribution >= 4 is 23.2 Å². The highest BCUT2D eigenvalue weighted by atomic mass is 35.5. The Morgan fingerprint density at radius 3 is 2.69 bits per heavy atom. The predicted octanol–water partition coefficient (Wildman–Crippen LogP) is 2.38. The van der Waals surface area contributed by atoms with Gasteiger partial charge in [-0.2, -0.15) is 0 Å². The molecule has 0 saturated heterocycles. The second-order valence-corrected chi connectivity index (χ2v) is 6.52. The van der Waals surface area contributed by atoms with Gasteiger partial charge >= 0.3 is 0 Å². The van der Waals surface area contributed by atoms with Crippen molar-refractivity contribution in [1.29, 1.82) is 0 Å². The smallest absolute Gasteiger partial charge is 0.270 e. The van der Waals surface area contributed by atoms with Gasteiger partial charge in [0.2, 0.25) is 0 Å². The molecule has 0 aliphatic carbocycles. The fraction of sp³-hybridized carbons (Fsp3) is 0.211. The summed E-state index contributed by atoms with van der Waals surface area (Å²) in [4.78, 5) is 31.2. The maximum Gasteiger partial charge on any atom is 0.270 e. The van der Waals surface area contributed by atoms with E-state index >= 15 is 0 Å². The molecule has 0 fully saturated rings. The summed E-state index contributed by atoms with van der Waals surface area (Å²) in [5, 5.41) is 3.45. The van der Waals surface area contributed by atoms with Gasteiger partial charge < -0.3 is 10.2 Å². The zero-order chi connectivity index (χ0) is 18.7. The number of nitrogens with zero attached hydrogens (tertiary/aromatic N) is 3. The van der Waals surface area contributed by atoms with Gasteiger partial charge in [0.1, 0.15) is 11.2 Å². The Morgan fingerprint density at radius 1 is 1.23 bits per heavy atom. The van der Waals surface area contributed by atoms with Gasteiger partial charge in [-0.05, 0) is 37.9 Å². The average molecular weight is 371 g/mol. The van der Waals surface area contributed by atoms with E-state index in [1.54, 1.807) is 24.4 Å². The van der Waals surface area contributed by atoms with E-state index in [1.807, 2.05) is 43.3 Å². The first-order valence-electron chi connectivity index (χ1n) is 8.14. The molecular formula is C19H19ClN4O2. The number of aromatic nitrogens is 2. The zero-order valence-electron chi connectivity index (χ0n) is 14.5. The molecule has 1 N–H and O–H groups in total. The molecule has 1 atom stereocenters. The third kappa shape index (κ3) is 3.61. The summed E-state index contributed by atoms with van der Waals surface area (Å²) < 4.78 is 1.35. The minimum absolute atomic E-state index is 0.00497.